The number of amides is 1. The van der Waals surface area contributed by atoms with E-state index in [2.05, 4.69) is 17.2 Å². The van der Waals surface area contributed by atoms with Crippen molar-refractivity contribution in [2.24, 2.45) is 0 Å². The number of allylic oxidation sites excluding steroid dienone is 1. The summed E-state index contributed by atoms with van der Waals surface area (Å²) in [7, 11) is 0. The SMILES string of the molecule is C=C1CCC(Nc2ccc(F)c(C(C)(C)C)c2)C(=O)N1. The van der Waals surface area contributed by atoms with Gasteiger partial charge in [-0.05, 0) is 42.0 Å². The molecule has 0 aromatic heterocycles. The van der Waals surface area contributed by atoms with E-state index in [-0.39, 0.29) is 23.2 Å². The van der Waals surface area contributed by atoms with Crippen LogP contribution in [0.4, 0.5) is 10.1 Å². The zero-order valence-electron chi connectivity index (χ0n) is 12.2. The highest BCUT2D eigenvalue weighted by Gasteiger charge is 2.24. The van der Waals surface area contributed by atoms with Gasteiger partial charge in [0, 0.05) is 11.4 Å². The lowest BCUT2D eigenvalue weighted by molar-refractivity contribution is -0.122. The number of hydrogen-bond donors (Lipinski definition) is 2. The van der Waals surface area contributed by atoms with Gasteiger partial charge in [-0.1, -0.05) is 27.4 Å². The standard InChI is InChI=1S/C16H21FN2O/c1-10-5-8-14(15(20)18-10)19-11-6-7-13(17)12(9-11)16(2,3)4/h6-7,9,14,19H,1,5,8H2,2-4H3,(H,18,20). The Morgan fingerprint density at radius 1 is 1.40 bits per heavy atom. The number of anilines is 1. The van der Waals surface area contributed by atoms with E-state index in [1.807, 2.05) is 20.8 Å². The molecule has 0 saturated carbocycles. The molecule has 1 unspecified atom stereocenters. The Kier molecular flexibility index (Phi) is 3.84. The molecule has 1 amide bonds. The van der Waals surface area contributed by atoms with Gasteiger partial charge in [0.25, 0.3) is 0 Å². The third-order valence-electron chi connectivity index (χ3n) is 3.47. The van der Waals surface area contributed by atoms with E-state index in [1.165, 1.54) is 6.07 Å². The van der Waals surface area contributed by atoms with E-state index in [4.69, 9.17) is 0 Å². The van der Waals surface area contributed by atoms with Crippen molar-refractivity contribution in [3.63, 3.8) is 0 Å². The van der Waals surface area contributed by atoms with E-state index in [9.17, 15) is 9.18 Å². The van der Waals surface area contributed by atoms with E-state index >= 15 is 0 Å². The highest BCUT2D eigenvalue weighted by atomic mass is 19.1. The maximum absolute atomic E-state index is 13.9. The van der Waals surface area contributed by atoms with Crippen LogP contribution in [0.5, 0.6) is 0 Å². The van der Waals surface area contributed by atoms with Crippen LogP contribution in [0, 0.1) is 5.82 Å². The van der Waals surface area contributed by atoms with Gasteiger partial charge in [0.05, 0.1) is 0 Å². The van der Waals surface area contributed by atoms with Crippen LogP contribution in [0.25, 0.3) is 0 Å². The minimum atomic E-state index is -0.293. The maximum Gasteiger partial charge on any atom is 0.246 e. The van der Waals surface area contributed by atoms with Gasteiger partial charge in [-0.15, -0.1) is 0 Å². The van der Waals surface area contributed by atoms with Crippen LogP contribution in [0.15, 0.2) is 30.5 Å². The van der Waals surface area contributed by atoms with Crippen molar-refractivity contribution in [2.45, 2.75) is 45.1 Å². The van der Waals surface area contributed by atoms with Gasteiger partial charge in [-0.3, -0.25) is 4.79 Å². The molecule has 1 heterocycles. The van der Waals surface area contributed by atoms with Gasteiger partial charge < -0.3 is 10.6 Å². The van der Waals surface area contributed by atoms with E-state index < -0.39 is 0 Å². The lowest BCUT2D eigenvalue weighted by Crippen LogP contribution is -2.43. The number of carbonyl (C=O) groups excluding carboxylic acids is 1. The third kappa shape index (κ3) is 3.18. The summed E-state index contributed by atoms with van der Waals surface area (Å²) in [6.07, 6.45) is 1.46. The first-order valence-corrected chi connectivity index (χ1v) is 6.82. The highest BCUT2D eigenvalue weighted by molar-refractivity contribution is 5.87. The summed E-state index contributed by atoms with van der Waals surface area (Å²) in [6, 6.07) is 4.61. The molecule has 2 N–H and O–H groups in total. The molecule has 1 aliphatic rings. The van der Waals surface area contributed by atoms with Crippen molar-refractivity contribution in [1.82, 2.24) is 5.32 Å². The van der Waals surface area contributed by atoms with E-state index in [0.717, 1.165) is 17.8 Å². The van der Waals surface area contributed by atoms with Crippen molar-refractivity contribution < 1.29 is 9.18 Å². The molecular weight excluding hydrogens is 255 g/mol. The summed E-state index contributed by atoms with van der Waals surface area (Å²) in [5.74, 6) is -0.299. The maximum atomic E-state index is 13.9. The number of piperidine rings is 1. The van der Waals surface area contributed by atoms with Crippen LogP contribution in [0.3, 0.4) is 0 Å². The highest BCUT2D eigenvalue weighted by Crippen LogP contribution is 2.28. The number of halogens is 1. The third-order valence-corrected chi connectivity index (χ3v) is 3.47. The van der Waals surface area contributed by atoms with Crippen LogP contribution in [0.1, 0.15) is 39.2 Å². The quantitative estimate of drug-likeness (QED) is 0.870. The second-order valence-electron chi connectivity index (χ2n) is 6.27. The summed E-state index contributed by atoms with van der Waals surface area (Å²) in [6.45, 7) is 9.65. The largest absolute Gasteiger partial charge is 0.374 e. The van der Waals surface area contributed by atoms with Crippen LogP contribution in [-0.2, 0) is 10.2 Å². The smallest absolute Gasteiger partial charge is 0.246 e. The number of nitrogens with one attached hydrogen (secondary N) is 2. The van der Waals surface area contributed by atoms with Gasteiger partial charge in [-0.25, -0.2) is 4.39 Å². The molecule has 108 valence electrons. The second kappa shape index (κ2) is 5.27. The molecule has 1 fully saturated rings. The molecule has 20 heavy (non-hydrogen) atoms. The molecule has 3 nitrogen and oxygen atoms in total. The summed E-state index contributed by atoms with van der Waals surface area (Å²) in [5.41, 5.74) is 1.89. The van der Waals surface area contributed by atoms with Gasteiger partial charge in [-0.2, -0.15) is 0 Å². The van der Waals surface area contributed by atoms with Crippen LogP contribution >= 0.6 is 0 Å². The van der Waals surface area contributed by atoms with Crippen molar-refractivity contribution in [3.05, 3.63) is 41.9 Å². The summed E-state index contributed by atoms with van der Waals surface area (Å²) < 4.78 is 13.9. The Morgan fingerprint density at radius 3 is 2.70 bits per heavy atom. The van der Waals surface area contributed by atoms with Crippen LogP contribution in [0.2, 0.25) is 0 Å². The van der Waals surface area contributed by atoms with Crippen LogP contribution < -0.4 is 10.6 Å². The normalized spacial score (nSPS) is 19.7. The van der Waals surface area contributed by atoms with Crippen LogP contribution in [-0.4, -0.2) is 11.9 Å². The molecular formula is C16H21FN2O. The number of hydrogen-bond acceptors (Lipinski definition) is 2. The molecule has 4 heteroatoms. The Bertz CT molecular complexity index is 546. The van der Waals surface area contributed by atoms with Crippen molar-refractivity contribution in [2.75, 3.05) is 5.32 Å². The Balaban J connectivity index is 2.18. The van der Waals surface area contributed by atoms with Crippen molar-refractivity contribution in [3.8, 4) is 0 Å². The van der Waals surface area contributed by atoms with Gasteiger partial charge >= 0.3 is 0 Å². The summed E-state index contributed by atoms with van der Waals surface area (Å²) in [5, 5.41) is 5.91. The minimum absolute atomic E-state index is 0.0807. The first-order valence-electron chi connectivity index (χ1n) is 6.82. The predicted molar refractivity (Wildman–Crippen MR) is 79.0 cm³/mol. The zero-order valence-corrected chi connectivity index (χ0v) is 12.2. The first-order chi connectivity index (χ1) is 9.27. The fourth-order valence-electron chi connectivity index (χ4n) is 2.30. The number of benzene rings is 1. The zero-order chi connectivity index (χ0) is 14.9. The molecule has 0 aliphatic carbocycles. The summed E-state index contributed by atoms with van der Waals surface area (Å²) in [4.78, 5) is 11.8. The molecule has 1 atom stereocenters. The predicted octanol–water partition coefficient (Wildman–Crippen LogP) is 3.33. The molecule has 0 bridgehead atoms. The molecule has 1 aromatic rings. The lowest BCUT2D eigenvalue weighted by Gasteiger charge is -2.26. The topological polar surface area (TPSA) is 41.1 Å². The Morgan fingerprint density at radius 2 is 2.10 bits per heavy atom. The molecule has 0 spiro atoms. The first kappa shape index (κ1) is 14.6. The van der Waals surface area contributed by atoms with Crippen molar-refractivity contribution >= 4 is 11.6 Å². The Labute approximate surface area is 119 Å². The second-order valence-corrected chi connectivity index (χ2v) is 6.27. The fourth-order valence-corrected chi connectivity index (χ4v) is 2.30. The molecule has 1 saturated heterocycles. The Hall–Kier alpha value is -1.84. The fraction of sp³-hybridized carbons (Fsp3) is 0.438. The monoisotopic (exact) mass is 276 g/mol. The van der Waals surface area contributed by atoms with Crippen molar-refractivity contribution in [1.29, 1.82) is 0 Å². The average molecular weight is 276 g/mol. The van der Waals surface area contributed by atoms with E-state index in [0.29, 0.717) is 12.0 Å². The number of carbonyl (C=O) groups is 1. The minimum Gasteiger partial charge on any atom is -0.374 e. The molecule has 1 aromatic carbocycles. The molecule has 0 radical (unpaired) electrons. The van der Waals surface area contributed by atoms with Gasteiger partial charge in [0.2, 0.25) is 5.91 Å². The lowest BCUT2D eigenvalue weighted by atomic mass is 9.86. The molecule has 1 aliphatic heterocycles. The van der Waals surface area contributed by atoms with E-state index in [1.54, 1.807) is 12.1 Å². The van der Waals surface area contributed by atoms with Gasteiger partial charge in [0.1, 0.15) is 11.9 Å². The molecule has 2 rings (SSSR count). The van der Waals surface area contributed by atoms with Gasteiger partial charge in [0.15, 0.2) is 0 Å². The number of rotatable bonds is 2. The summed E-state index contributed by atoms with van der Waals surface area (Å²) >= 11 is 0. The average Bonchev–Trinajstić information content (AvgIpc) is 2.33.